The van der Waals surface area contributed by atoms with Gasteiger partial charge in [0.2, 0.25) is 11.8 Å². The van der Waals surface area contributed by atoms with Crippen molar-refractivity contribution in [1.29, 1.82) is 0 Å². The number of hydrogen-bond donors (Lipinski definition) is 2. The number of amides is 3. The van der Waals surface area contributed by atoms with Gasteiger partial charge in [-0.15, -0.1) is 0 Å². The number of carbonyl (C=O) groups is 3. The van der Waals surface area contributed by atoms with Crippen molar-refractivity contribution in [3.05, 3.63) is 11.1 Å². The fourth-order valence-electron chi connectivity index (χ4n) is 2.23. The van der Waals surface area contributed by atoms with E-state index in [0.717, 1.165) is 12.8 Å². The van der Waals surface area contributed by atoms with Gasteiger partial charge >= 0.3 is 0 Å². The quantitative estimate of drug-likeness (QED) is 0.454. The monoisotopic (exact) mass is 208 g/mol. The van der Waals surface area contributed by atoms with E-state index in [9.17, 15) is 14.4 Å². The van der Waals surface area contributed by atoms with E-state index in [1.54, 1.807) is 0 Å². The van der Waals surface area contributed by atoms with E-state index in [1.165, 1.54) is 0 Å². The van der Waals surface area contributed by atoms with Crippen LogP contribution < -0.4 is 11.1 Å². The molecule has 0 fully saturated rings. The van der Waals surface area contributed by atoms with E-state index < -0.39 is 17.7 Å². The van der Waals surface area contributed by atoms with Crippen LogP contribution >= 0.6 is 0 Å². The van der Waals surface area contributed by atoms with Crippen LogP contribution in [-0.2, 0) is 14.4 Å². The highest BCUT2D eigenvalue weighted by molar-refractivity contribution is 6.16. The van der Waals surface area contributed by atoms with Crippen LogP contribution in [0.1, 0.15) is 25.7 Å². The minimum absolute atomic E-state index is 0.354. The van der Waals surface area contributed by atoms with Gasteiger partial charge in [0, 0.05) is 5.57 Å². The summed E-state index contributed by atoms with van der Waals surface area (Å²) in [6, 6.07) is 0. The van der Waals surface area contributed by atoms with Crippen molar-refractivity contribution in [3.8, 4) is 0 Å². The second kappa shape index (κ2) is 3.49. The van der Waals surface area contributed by atoms with Crippen LogP contribution in [0.4, 0.5) is 0 Å². The molecule has 3 amide bonds. The van der Waals surface area contributed by atoms with Crippen molar-refractivity contribution >= 4 is 17.7 Å². The van der Waals surface area contributed by atoms with Crippen LogP contribution in [0.15, 0.2) is 11.1 Å². The summed E-state index contributed by atoms with van der Waals surface area (Å²) in [4.78, 5) is 34.0. The fraction of sp³-hybridized carbons (Fsp3) is 0.500. The van der Waals surface area contributed by atoms with Crippen molar-refractivity contribution in [2.24, 2.45) is 11.7 Å². The molecule has 5 heteroatoms. The zero-order valence-electron chi connectivity index (χ0n) is 8.21. The molecule has 0 saturated carbocycles. The Balaban J connectivity index is 2.46. The summed E-state index contributed by atoms with van der Waals surface area (Å²) >= 11 is 0. The zero-order chi connectivity index (χ0) is 11.0. The van der Waals surface area contributed by atoms with Crippen LogP contribution in [0.5, 0.6) is 0 Å². The molecule has 3 N–H and O–H groups in total. The molecule has 2 rings (SSSR count). The second-order valence-electron chi connectivity index (χ2n) is 3.86. The molecule has 2 aliphatic rings. The summed E-state index contributed by atoms with van der Waals surface area (Å²) in [6.45, 7) is 0. The highest BCUT2D eigenvalue weighted by atomic mass is 16.2. The first kappa shape index (κ1) is 9.89. The van der Waals surface area contributed by atoms with Gasteiger partial charge in [0.15, 0.2) is 0 Å². The van der Waals surface area contributed by atoms with E-state index in [1.807, 2.05) is 0 Å². The lowest BCUT2D eigenvalue weighted by atomic mass is 9.80. The van der Waals surface area contributed by atoms with E-state index in [2.05, 4.69) is 5.32 Å². The summed E-state index contributed by atoms with van der Waals surface area (Å²) < 4.78 is 0. The predicted molar refractivity (Wildman–Crippen MR) is 51.3 cm³/mol. The molecule has 0 aromatic rings. The fourth-order valence-corrected chi connectivity index (χ4v) is 2.23. The second-order valence-corrected chi connectivity index (χ2v) is 3.86. The van der Waals surface area contributed by atoms with E-state index in [-0.39, 0.29) is 5.91 Å². The molecular formula is C10H12N2O3. The Bertz CT molecular complexity index is 384. The molecule has 1 unspecified atom stereocenters. The maximum atomic E-state index is 11.5. The maximum absolute atomic E-state index is 11.5. The van der Waals surface area contributed by atoms with Gasteiger partial charge in [-0.2, -0.15) is 0 Å². The van der Waals surface area contributed by atoms with E-state index >= 15 is 0 Å². The van der Waals surface area contributed by atoms with Crippen molar-refractivity contribution < 1.29 is 14.4 Å². The molecule has 0 aromatic heterocycles. The largest absolute Gasteiger partial charge is 0.369 e. The summed E-state index contributed by atoms with van der Waals surface area (Å²) in [5.41, 5.74) is 6.39. The van der Waals surface area contributed by atoms with Crippen molar-refractivity contribution in [2.45, 2.75) is 25.7 Å². The lowest BCUT2D eigenvalue weighted by molar-refractivity contribution is -0.136. The van der Waals surface area contributed by atoms with Gasteiger partial charge in [-0.3, -0.25) is 19.7 Å². The molecule has 0 spiro atoms. The van der Waals surface area contributed by atoms with Gasteiger partial charge in [0.25, 0.3) is 5.91 Å². The van der Waals surface area contributed by atoms with Crippen molar-refractivity contribution in [2.75, 3.05) is 0 Å². The molecule has 0 radical (unpaired) electrons. The molecule has 15 heavy (non-hydrogen) atoms. The smallest absolute Gasteiger partial charge is 0.253 e. The average molecular weight is 208 g/mol. The molecule has 0 bridgehead atoms. The predicted octanol–water partition coefficient (Wildman–Crippen LogP) is -0.385. The number of nitrogens with two attached hydrogens (primary N) is 1. The van der Waals surface area contributed by atoms with Gasteiger partial charge in [0.1, 0.15) is 5.92 Å². The summed E-state index contributed by atoms with van der Waals surface area (Å²) in [5, 5.41) is 2.17. The Labute approximate surface area is 86.7 Å². The van der Waals surface area contributed by atoms with Crippen LogP contribution in [0, 0.1) is 5.92 Å². The average Bonchev–Trinajstić information content (AvgIpc) is 2.17. The van der Waals surface area contributed by atoms with Gasteiger partial charge < -0.3 is 5.73 Å². The van der Waals surface area contributed by atoms with Gasteiger partial charge in [0.05, 0.1) is 0 Å². The van der Waals surface area contributed by atoms with Gasteiger partial charge in [-0.25, -0.2) is 0 Å². The Kier molecular flexibility index (Phi) is 2.30. The third-order valence-corrected chi connectivity index (χ3v) is 2.92. The molecule has 1 aliphatic carbocycles. The molecule has 5 nitrogen and oxygen atoms in total. The van der Waals surface area contributed by atoms with E-state index in [4.69, 9.17) is 5.73 Å². The highest BCUT2D eigenvalue weighted by Crippen LogP contribution is 2.32. The molecule has 1 heterocycles. The van der Waals surface area contributed by atoms with Crippen LogP contribution in [0.3, 0.4) is 0 Å². The lowest BCUT2D eigenvalue weighted by Crippen LogP contribution is -2.48. The highest BCUT2D eigenvalue weighted by Gasteiger charge is 2.38. The normalized spacial score (nSPS) is 26.0. The number of imide groups is 1. The number of carbonyl (C=O) groups excluding carboxylic acids is 3. The lowest BCUT2D eigenvalue weighted by Gasteiger charge is -2.28. The first-order chi connectivity index (χ1) is 7.11. The van der Waals surface area contributed by atoms with Gasteiger partial charge in [-0.1, -0.05) is 0 Å². The minimum Gasteiger partial charge on any atom is -0.369 e. The van der Waals surface area contributed by atoms with Gasteiger partial charge in [-0.05, 0) is 31.3 Å². The van der Waals surface area contributed by atoms with Crippen LogP contribution in [0.25, 0.3) is 0 Å². The molecule has 1 atom stereocenters. The number of hydrogen-bond acceptors (Lipinski definition) is 3. The van der Waals surface area contributed by atoms with Crippen molar-refractivity contribution in [1.82, 2.24) is 5.32 Å². The third kappa shape index (κ3) is 1.54. The summed E-state index contributed by atoms with van der Waals surface area (Å²) in [5.74, 6) is -2.53. The Morgan fingerprint density at radius 3 is 2.60 bits per heavy atom. The molecule has 80 valence electrons. The van der Waals surface area contributed by atoms with Crippen LogP contribution in [-0.4, -0.2) is 17.7 Å². The van der Waals surface area contributed by atoms with E-state index in [0.29, 0.717) is 24.0 Å². The topological polar surface area (TPSA) is 89.3 Å². The first-order valence-electron chi connectivity index (χ1n) is 4.97. The summed E-state index contributed by atoms with van der Waals surface area (Å²) in [7, 11) is 0. The Morgan fingerprint density at radius 1 is 1.27 bits per heavy atom. The third-order valence-electron chi connectivity index (χ3n) is 2.92. The minimum atomic E-state index is -0.932. The zero-order valence-corrected chi connectivity index (χ0v) is 8.21. The number of rotatable bonds is 1. The standard InChI is InChI=1S/C10H12N2O3/c11-8(13)7-5-3-1-2-4-6(5)9(14)12-10(7)15/h7H,1-4H2,(H2,11,13)(H,12,14,15). The number of nitrogens with one attached hydrogen (secondary N) is 1. The molecule has 1 aliphatic heterocycles. The summed E-state index contributed by atoms with van der Waals surface area (Å²) in [6.07, 6.45) is 3.09. The van der Waals surface area contributed by atoms with Crippen LogP contribution in [0.2, 0.25) is 0 Å². The molecular weight excluding hydrogens is 196 g/mol. The Morgan fingerprint density at radius 2 is 1.93 bits per heavy atom. The first-order valence-corrected chi connectivity index (χ1v) is 4.97. The van der Waals surface area contributed by atoms with Crippen molar-refractivity contribution in [3.63, 3.8) is 0 Å². The SMILES string of the molecule is NC(=O)C1C(=O)NC(=O)C2=C1CCCC2. The maximum Gasteiger partial charge on any atom is 0.253 e. The molecule has 0 aromatic carbocycles. The molecule has 0 saturated heterocycles. The Hall–Kier alpha value is -1.65. The number of primary amides is 1.